The number of hydrogen-bond donors (Lipinski definition) is 2. The third-order valence-electron chi connectivity index (χ3n) is 2.31. The van der Waals surface area contributed by atoms with Crippen molar-refractivity contribution in [3.05, 3.63) is 33.3 Å². The van der Waals surface area contributed by atoms with Gasteiger partial charge in [-0.1, -0.05) is 6.07 Å². The second kappa shape index (κ2) is 5.14. The van der Waals surface area contributed by atoms with Gasteiger partial charge in [-0.05, 0) is 44.0 Å². The zero-order chi connectivity index (χ0) is 14.2. The number of sulfonamides is 1. The number of rotatable bonds is 3. The molecule has 0 amide bonds. The molecule has 0 atom stereocenters. The highest BCUT2D eigenvalue weighted by Crippen LogP contribution is 2.32. The monoisotopic (exact) mass is 408 g/mol. The molecule has 0 aliphatic rings. The summed E-state index contributed by atoms with van der Waals surface area (Å²) >= 11 is 6.57. The molecule has 0 spiro atoms. The Morgan fingerprint density at radius 1 is 1.32 bits per heavy atom. The molecule has 2 aromatic rings. The summed E-state index contributed by atoms with van der Waals surface area (Å²) in [5.74, 6) is -0.0434. The van der Waals surface area contributed by atoms with Crippen molar-refractivity contribution in [1.29, 1.82) is 0 Å². The summed E-state index contributed by atoms with van der Waals surface area (Å²) in [6, 6.07) is 5.24. The summed E-state index contributed by atoms with van der Waals surface area (Å²) in [6.45, 7) is 0. The minimum absolute atomic E-state index is 0.0434. The van der Waals surface area contributed by atoms with E-state index in [0.29, 0.717) is 14.6 Å². The lowest BCUT2D eigenvalue weighted by molar-refractivity contribution is 0.601. The van der Waals surface area contributed by atoms with Gasteiger partial charge < -0.3 is 5.73 Å². The fraction of sp³-hybridized carbons (Fsp3) is 0.100. The van der Waals surface area contributed by atoms with Crippen LogP contribution in [0.3, 0.4) is 0 Å². The Morgan fingerprint density at radius 2 is 1.89 bits per heavy atom. The minimum atomic E-state index is -3.79. The Labute approximate surface area is 127 Å². The average molecular weight is 410 g/mol. The number of aromatic nitrogens is 2. The lowest BCUT2D eigenvalue weighted by atomic mass is 10.3. The number of aryl methyl sites for hydroxylation is 1. The predicted octanol–water partition coefficient (Wildman–Crippen LogP) is 2.33. The molecule has 0 fully saturated rings. The summed E-state index contributed by atoms with van der Waals surface area (Å²) in [6.07, 6.45) is 1.35. The molecule has 0 aliphatic heterocycles. The van der Waals surface area contributed by atoms with Gasteiger partial charge in [-0.15, -0.1) is 0 Å². The predicted molar refractivity (Wildman–Crippen MR) is 80.3 cm³/mol. The summed E-state index contributed by atoms with van der Waals surface area (Å²) in [4.78, 5) is -0.0577. The van der Waals surface area contributed by atoms with E-state index >= 15 is 0 Å². The van der Waals surface area contributed by atoms with E-state index in [1.807, 2.05) is 0 Å². The van der Waals surface area contributed by atoms with Gasteiger partial charge in [0.25, 0.3) is 10.0 Å². The Balaban J connectivity index is 2.45. The maximum atomic E-state index is 12.3. The largest absolute Gasteiger partial charge is 0.381 e. The number of halogens is 2. The summed E-state index contributed by atoms with van der Waals surface area (Å²) < 4.78 is 29.6. The number of benzene rings is 1. The van der Waals surface area contributed by atoms with Crippen molar-refractivity contribution >= 4 is 53.4 Å². The van der Waals surface area contributed by atoms with Crippen LogP contribution in [0.15, 0.2) is 38.2 Å². The van der Waals surface area contributed by atoms with E-state index < -0.39 is 10.0 Å². The smallest absolute Gasteiger partial charge is 0.267 e. The first-order chi connectivity index (χ1) is 8.81. The second-order valence-corrected chi connectivity index (χ2v) is 7.11. The average Bonchev–Trinajstić information content (AvgIpc) is 2.64. The summed E-state index contributed by atoms with van der Waals surface area (Å²) in [5, 5.41) is 3.82. The Hall–Kier alpha value is -1.06. The van der Waals surface area contributed by atoms with Crippen LogP contribution in [0.25, 0.3) is 0 Å². The van der Waals surface area contributed by atoms with E-state index in [4.69, 9.17) is 5.73 Å². The van der Waals surface area contributed by atoms with Crippen molar-refractivity contribution in [2.24, 2.45) is 7.05 Å². The van der Waals surface area contributed by atoms with Gasteiger partial charge >= 0.3 is 0 Å². The quantitative estimate of drug-likeness (QED) is 0.813. The maximum absolute atomic E-state index is 12.3. The minimum Gasteiger partial charge on any atom is -0.381 e. The molecule has 0 saturated carbocycles. The molecule has 0 aliphatic carbocycles. The number of nitrogens with two attached hydrogens (primary N) is 1. The van der Waals surface area contributed by atoms with Crippen LogP contribution in [0.4, 0.5) is 11.5 Å². The van der Waals surface area contributed by atoms with Gasteiger partial charge in [0.05, 0.1) is 5.69 Å². The van der Waals surface area contributed by atoms with Crippen LogP contribution in [-0.4, -0.2) is 18.2 Å². The van der Waals surface area contributed by atoms with Crippen molar-refractivity contribution < 1.29 is 8.42 Å². The van der Waals surface area contributed by atoms with E-state index in [0.717, 1.165) is 0 Å². The third-order valence-corrected chi connectivity index (χ3v) is 5.00. The fourth-order valence-corrected chi connectivity index (χ4v) is 4.14. The number of nitrogens with zero attached hydrogens (tertiary/aromatic N) is 2. The van der Waals surface area contributed by atoms with Crippen LogP contribution >= 0.6 is 31.9 Å². The van der Waals surface area contributed by atoms with Crippen molar-refractivity contribution in [3.8, 4) is 0 Å². The van der Waals surface area contributed by atoms with E-state index in [1.54, 1.807) is 25.2 Å². The normalized spacial score (nSPS) is 11.5. The number of nitrogens with one attached hydrogen (secondary N) is 1. The van der Waals surface area contributed by atoms with E-state index in [-0.39, 0.29) is 10.7 Å². The van der Waals surface area contributed by atoms with Crippen LogP contribution in [0, 0.1) is 0 Å². The van der Waals surface area contributed by atoms with Gasteiger partial charge in [0, 0.05) is 22.2 Å². The molecule has 1 aromatic carbocycles. The molecule has 1 heterocycles. The van der Waals surface area contributed by atoms with Crippen molar-refractivity contribution in [3.63, 3.8) is 0 Å². The maximum Gasteiger partial charge on any atom is 0.267 e. The molecule has 0 bridgehead atoms. The number of hydrogen-bond acceptors (Lipinski definition) is 4. The second-order valence-electron chi connectivity index (χ2n) is 3.75. The lowest BCUT2D eigenvalue weighted by Crippen LogP contribution is -2.14. The zero-order valence-corrected chi connectivity index (χ0v) is 13.8. The summed E-state index contributed by atoms with van der Waals surface area (Å²) in [5.41, 5.74) is 5.99. The van der Waals surface area contributed by atoms with Crippen molar-refractivity contribution in [2.45, 2.75) is 4.90 Å². The van der Waals surface area contributed by atoms with E-state index in [1.165, 1.54) is 10.9 Å². The fourth-order valence-electron chi connectivity index (χ4n) is 1.48. The SMILES string of the molecule is Cn1cc(S(=O)(=O)Nc2c(Br)cccc2Br)c(N)n1. The van der Waals surface area contributed by atoms with Crippen LogP contribution in [0.1, 0.15) is 0 Å². The van der Waals surface area contributed by atoms with Crippen LogP contribution in [0.5, 0.6) is 0 Å². The number of para-hydroxylation sites is 1. The highest BCUT2D eigenvalue weighted by atomic mass is 79.9. The number of anilines is 2. The molecular weight excluding hydrogens is 400 g/mol. The molecule has 3 N–H and O–H groups in total. The van der Waals surface area contributed by atoms with E-state index in [9.17, 15) is 8.42 Å². The van der Waals surface area contributed by atoms with Gasteiger partial charge in [-0.3, -0.25) is 9.40 Å². The molecule has 19 heavy (non-hydrogen) atoms. The van der Waals surface area contributed by atoms with Gasteiger partial charge in [0.15, 0.2) is 5.82 Å². The molecule has 6 nitrogen and oxygen atoms in total. The first kappa shape index (κ1) is 14.4. The molecule has 0 saturated heterocycles. The number of nitrogen functional groups attached to an aromatic ring is 1. The first-order valence-electron chi connectivity index (χ1n) is 5.07. The van der Waals surface area contributed by atoms with Crippen molar-refractivity contribution in [2.75, 3.05) is 10.5 Å². The molecular formula is C10H10Br2N4O2S. The van der Waals surface area contributed by atoms with Gasteiger partial charge in [-0.25, -0.2) is 8.42 Å². The highest BCUT2D eigenvalue weighted by Gasteiger charge is 2.22. The lowest BCUT2D eigenvalue weighted by Gasteiger charge is -2.10. The first-order valence-corrected chi connectivity index (χ1v) is 8.14. The van der Waals surface area contributed by atoms with Gasteiger partial charge in [-0.2, -0.15) is 5.10 Å². The van der Waals surface area contributed by atoms with Gasteiger partial charge in [0.2, 0.25) is 0 Å². The van der Waals surface area contributed by atoms with E-state index in [2.05, 4.69) is 41.7 Å². The molecule has 2 rings (SSSR count). The molecule has 1 aromatic heterocycles. The Morgan fingerprint density at radius 3 is 2.37 bits per heavy atom. The highest BCUT2D eigenvalue weighted by molar-refractivity contribution is 9.11. The molecule has 0 radical (unpaired) electrons. The Kier molecular flexibility index (Phi) is 3.88. The van der Waals surface area contributed by atoms with Crippen LogP contribution in [0.2, 0.25) is 0 Å². The molecule has 102 valence electrons. The zero-order valence-electron chi connectivity index (χ0n) is 9.76. The standard InChI is InChI=1S/C10H10Br2N4O2S/c1-16-5-8(10(13)14-16)19(17,18)15-9-6(11)3-2-4-7(9)12/h2-5,15H,1H3,(H2,13,14). The third kappa shape index (κ3) is 2.93. The topological polar surface area (TPSA) is 90.0 Å². The molecule has 0 unspecified atom stereocenters. The van der Waals surface area contributed by atoms with Crippen LogP contribution < -0.4 is 10.5 Å². The van der Waals surface area contributed by atoms with Crippen molar-refractivity contribution in [1.82, 2.24) is 9.78 Å². The van der Waals surface area contributed by atoms with Crippen LogP contribution in [-0.2, 0) is 17.1 Å². The molecule has 9 heteroatoms. The Bertz CT molecular complexity index is 707. The summed E-state index contributed by atoms with van der Waals surface area (Å²) in [7, 11) is -2.19. The van der Waals surface area contributed by atoms with Gasteiger partial charge in [0.1, 0.15) is 4.90 Å².